The van der Waals surface area contributed by atoms with Crippen LogP contribution in [0.5, 0.6) is 0 Å². The third kappa shape index (κ3) is 2.73. The third-order valence-corrected chi connectivity index (χ3v) is 3.76. The van der Waals surface area contributed by atoms with Crippen molar-refractivity contribution in [1.29, 1.82) is 0 Å². The van der Waals surface area contributed by atoms with Gasteiger partial charge in [-0.2, -0.15) is 0 Å². The molecule has 2 unspecified atom stereocenters. The molecule has 3 rings (SSSR count). The Kier molecular flexibility index (Phi) is 3.80. The molecule has 20 heavy (non-hydrogen) atoms. The van der Waals surface area contributed by atoms with Gasteiger partial charge >= 0.3 is 0 Å². The number of para-hydroxylation sites is 1. The zero-order chi connectivity index (χ0) is 13.9. The van der Waals surface area contributed by atoms with Crippen molar-refractivity contribution in [1.82, 2.24) is 14.9 Å². The minimum atomic E-state index is 0.183. The van der Waals surface area contributed by atoms with Crippen LogP contribution >= 0.6 is 0 Å². The fourth-order valence-corrected chi connectivity index (χ4v) is 2.54. The zero-order valence-electron chi connectivity index (χ0n) is 11.9. The lowest BCUT2D eigenvalue weighted by molar-refractivity contribution is -0.0259. The summed E-state index contributed by atoms with van der Waals surface area (Å²) in [6.45, 7) is 4.87. The number of ether oxygens (including phenoxy) is 1. The average Bonchev–Trinajstić information content (AvgIpc) is 2.47. The lowest BCUT2D eigenvalue weighted by Gasteiger charge is -2.34. The highest BCUT2D eigenvalue weighted by molar-refractivity contribution is 5.88. The lowest BCUT2D eigenvalue weighted by atomic mass is 10.1. The number of hydrogen-bond donors (Lipinski definition) is 1. The van der Waals surface area contributed by atoms with E-state index >= 15 is 0 Å². The molecule has 1 aromatic heterocycles. The van der Waals surface area contributed by atoms with Crippen molar-refractivity contribution >= 4 is 16.7 Å². The molecule has 5 nitrogen and oxygen atoms in total. The van der Waals surface area contributed by atoms with Crippen molar-refractivity contribution < 1.29 is 4.74 Å². The second-order valence-corrected chi connectivity index (χ2v) is 5.34. The summed E-state index contributed by atoms with van der Waals surface area (Å²) in [5, 5.41) is 4.52. The second-order valence-electron chi connectivity index (χ2n) is 5.34. The molecular weight excluding hydrogens is 252 g/mol. The van der Waals surface area contributed by atoms with E-state index in [4.69, 9.17) is 4.74 Å². The third-order valence-electron chi connectivity index (χ3n) is 3.76. The number of aromatic nitrogens is 2. The molecule has 1 fully saturated rings. The van der Waals surface area contributed by atoms with Crippen molar-refractivity contribution in [2.75, 3.05) is 32.1 Å². The number of likely N-dealkylation sites (N-methyl/N-ethyl adjacent to an activating group) is 1. The van der Waals surface area contributed by atoms with E-state index in [0.29, 0.717) is 0 Å². The second kappa shape index (κ2) is 5.73. The van der Waals surface area contributed by atoms with E-state index in [1.165, 1.54) is 0 Å². The van der Waals surface area contributed by atoms with Gasteiger partial charge < -0.3 is 15.0 Å². The van der Waals surface area contributed by atoms with Crippen LogP contribution in [0, 0.1) is 0 Å². The Morgan fingerprint density at radius 3 is 3.05 bits per heavy atom. The van der Waals surface area contributed by atoms with Gasteiger partial charge in [-0.1, -0.05) is 12.1 Å². The van der Waals surface area contributed by atoms with Gasteiger partial charge in [0.15, 0.2) is 0 Å². The number of hydrogen-bond acceptors (Lipinski definition) is 5. The minimum absolute atomic E-state index is 0.183. The van der Waals surface area contributed by atoms with E-state index in [-0.39, 0.29) is 12.1 Å². The Labute approximate surface area is 119 Å². The number of morpholine rings is 1. The first-order chi connectivity index (χ1) is 9.74. The SMILES string of the molecule is CC(Nc1ncnc2ccccc12)C1CN(C)CCO1. The molecule has 2 atom stereocenters. The Morgan fingerprint density at radius 2 is 2.20 bits per heavy atom. The summed E-state index contributed by atoms with van der Waals surface area (Å²) in [4.78, 5) is 10.9. The Morgan fingerprint density at radius 1 is 1.35 bits per heavy atom. The van der Waals surface area contributed by atoms with Gasteiger partial charge in [-0.25, -0.2) is 9.97 Å². The van der Waals surface area contributed by atoms with E-state index in [9.17, 15) is 0 Å². The quantitative estimate of drug-likeness (QED) is 0.922. The van der Waals surface area contributed by atoms with Crippen molar-refractivity contribution in [2.24, 2.45) is 0 Å². The smallest absolute Gasteiger partial charge is 0.137 e. The van der Waals surface area contributed by atoms with Crippen LogP contribution in [0.1, 0.15) is 6.92 Å². The Bertz CT molecular complexity index is 584. The van der Waals surface area contributed by atoms with Gasteiger partial charge in [0, 0.05) is 18.5 Å². The van der Waals surface area contributed by atoms with Crippen molar-refractivity contribution in [2.45, 2.75) is 19.1 Å². The summed E-state index contributed by atoms with van der Waals surface area (Å²) in [6, 6.07) is 8.24. The van der Waals surface area contributed by atoms with E-state index in [2.05, 4.69) is 34.2 Å². The van der Waals surface area contributed by atoms with Crippen molar-refractivity contribution in [3.8, 4) is 0 Å². The van der Waals surface area contributed by atoms with Crippen LogP contribution in [0.2, 0.25) is 0 Å². The van der Waals surface area contributed by atoms with Gasteiger partial charge in [-0.15, -0.1) is 0 Å². The average molecular weight is 272 g/mol. The van der Waals surface area contributed by atoms with E-state index in [1.54, 1.807) is 6.33 Å². The molecule has 0 aliphatic carbocycles. The summed E-state index contributed by atoms with van der Waals surface area (Å²) in [6.07, 6.45) is 1.79. The first-order valence-corrected chi connectivity index (χ1v) is 7.00. The Hall–Kier alpha value is -1.72. The van der Waals surface area contributed by atoms with Gasteiger partial charge in [-0.05, 0) is 26.1 Å². The molecule has 1 aromatic carbocycles. The van der Waals surface area contributed by atoms with Crippen LogP contribution in [-0.4, -0.2) is 53.8 Å². The molecule has 2 aromatic rings. The molecule has 5 heteroatoms. The fourth-order valence-electron chi connectivity index (χ4n) is 2.54. The predicted molar refractivity (Wildman–Crippen MR) is 79.9 cm³/mol. The molecule has 0 amide bonds. The topological polar surface area (TPSA) is 50.3 Å². The van der Waals surface area contributed by atoms with Crippen molar-refractivity contribution in [3.05, 3.63) is 30.6 Å². The van der Waals surface area contributed by atoms with Gasteiger partial charge in [0.05, 0.1) is 24.3 Å². The maximum absolute atomic E-state index is 5.85. The van der Waals surface area contributed by atoms with Crippen molar-refractivity contribution in [3.63, 3.8) is 0 Å². The molecule has 1 saturated heterocycles. The fraction of sp³-hybridized carbons (Fsp3) is 0.467. The number of benzene rings is 1. The van der Waals surface area contributed by atoms with Gasteiger partial charge in [0.25, 0.3) is 0 Å². The lowest BCUT2D eigenvalue weighted by Crippen LogP contribution is -2.47. The van der Waals surface area contributed by atoms with Gasteiger partial charge in [0.2, 0.25) is 0 Å². The molecule has 0 radical (unpaired) electrons. The number of anilines is 1. The molecule has 1 aliphatic heterocycles. The maximum Gasteiger partial charge on any atom is 0.137 e. The summed E-state index contributed by atoms with van der Waals surface area (Å²) in [5.74, 6) is 0.875. The first-order valence-electron chi connectivity index (χ1n) is 7.00. The normalized spacial score (nSPS) is 21.8. The summed E-state index contributed by atoms with van der Waals surface area (Å²) >= 11 is 0. The van der Waals surface area contributed by atoms with Gasteiger partial charge in [0.1, 0.15) is 12.1 Å². The Balaban J connectivity index is 1.78. The molecule has 106 valence electrons. The number of nitrogens with one attached hydrogen (secondary N) is 1. The van der Waals surface area contributed by atoms with Crippen LogP contribution in [-0.2, 0) is 4.74 Å². The van der Waals surface area contributed by atoms with Crippen LogP contribution < -0.4 is 5.32 Å². The molecular formula is C15H20N4O. The molecule has 0 saturated carbocycles. The highest BCUT2D eigenvalue weighted by atomic mass is 16.5. The molecule has 0 spiro atoms. The van der Waals surface area contributed by atoms with Crippen LogP contribution in [0.15, 0.2) is 30.6 Å². The summed E-state index contributed by atoms with van der Waals surface area (Å²) < 4.78 is 5.85. The number of nitrogens with zero attached hydrogens (tertiary/aromatic N) is 3. The minimum Gasteiger partial charge on any atom is -0.373 e. The summed E-state index contributed by atoms with van der Waals surface area (Å²) in [5.41, 5.74) is 0.957. The van der Waals surface area contributed by atoms with Crippen LogP contribution in [0.3, 0.4) is 0 Å². The largest absolute Gasteiger partial charge is 0.373 e. The molecule has 2 heterocycles. The first kappa shape index (κ1) is 13.3. The van der Waals surface area contributed by atoms with Crippen LogP contribution in [0.25, 0.3) is 10.9 Å². The van der Waals surface area contributed by atoms with Crippen LogP contribution in [0.4, 0.5) is 5.82 Å². The molecule has 1 aliphatic rings. The standard InChI is InChI=1S/C15H20N4O/c1-11(14-9-19(2)7-8-20-14)18-15-12-5-3-4-6-13(12)16-10-17-15/h3-6,10-11,14H,7-9H2,1-2H3,(H,16,17,18). The van der Waals surface area contributed by atoms with E-state index in [0.717, 1.165) is 36.4 Å². The van der Waals surface area contributed by atoms with Gasteiger partial charge in [-0.3, -0.25) is 0 Å². The van der Waals surface area contributed by atoms with E-state index in [1.807, 2.05) is 24.3 Å². The van der Waals surface area contributed by atoms with E-state index < -0.39 is 0 Å². The maximum atomic E-state index is 5.85. The molecule has 0 bridgehead atoms. The molecule has 1 N–H and O–H groups in total. The predicted octanol–water partition coefficient (Wildman–Crippen LogP) is 1.76. The summed E-state index contributed by atoms with van der Waals surface area (Å²) in [7, 11) is 2.13. The highest BCUT2D eigenvalue weighted by Gasteiger charge is 2.24. The zero-order valence-corrected chi connectivity index (χ0v) is 11.9. The number of rotatable bonds is 3. The monoisotopic (exact) mass is 272 g/mol. The highest BCUT2D eigenvalue weighted by Crippen LogP contribution is 2.20. The number of fused-ring (bicyclic) bond motifs is 1.